The van der Waals surface area contributed by atoms with Crippen molar-refractivity contribution in [2.45, 2.75) is 100 Å². The molecular weight excluding hydrogens is 796 g/mol. The summed E-state index contributed by atoms with van der Waals surface area (Å²) in [5, 5.41) is 7.78. The van der Waals surface area contributed by atoms with Gasteiger partial charge in [-0.05, 0) is 81.0 Å². The number of benzene rings is 2. The highest BCUT2D eigenvalue weighted by Gasteiger charge is 2.62. The van der Waals surface area contributed by atoms with Gasteiger partial charge >= 0.3 is 6.36 Å². The maximum atomic E-state index is 14.6. The van der Waals surface area contributed by atoms with E-state index >= 15 is 0 Å². The molecule has 5 atom stereocenters. The molecule has 1 saturated heterocycles. The minimum atomic E-state index is -4.97. The summed E-state index contributed by atoms with van der Waals surface area (Å²) in [6, 6.07) is 9.85. The van der Waals surface area contributed by atoms with E-state index in [2.05, 4.69) is 24.9 Å². The molecule has 3 fully saturated rings. The molecule has 2 saturated carbocycles. The van der Waals surface area contributed by atoms with E-state index in [0.717, 1.165) is 12.5 Å². The third-order valence-corrected chi connectivity index (χ3v) is 14.1. The molecule has 3 amide bonds. The number of nitrogens with one attached hydrogen (secondary N) is 2. The van der Waals surface area contributed by atoms with Crippen LogP contribution in [0.3, 0.4) is 0 Å². The number of ether oxygens (including phenoxy) is 2. The predicted molar refractivity (Wildman–Crippen MR) is 205 cm³/mol. The molecule has 4 heterocycles. The summed E-state index contributed by atoms with van der Waals surface area (Å²) in [4.78, 5) is 62.4. The smallest absolute Gasteiger partial charge is 0.472 e. The number of carbonyl (C=O) groups is 4. The van der Waals surface area contributed by atoms with Crippen LogP contribution in [0, 0.1) is 11.3 Å². The summed E-state index contributed by atoms with van der Waals surface area (Å²) in [5.41, 5.74) is -0.962. The molecular formula is C41H42F3N5O9S. The Labute approximate surface area is 336 Å². The first kappa shape index (κ1) is 40.3. The van der Waals surface area contributed by atoms with Crippen LogP contribution in [-0.2, 0) is 24.4 Å². The number of rotatable bonds is 8. The molecule has 0 spiro atoms. The normalized spacial score (nSPS) is 26.5. The molecule has 2 aromatic heterocycles. The molecule has 8 rings (SSSR count). The fourth-order valence-electron chi connectivity index (χ4n) is 8.20. The number of nitrogens with zero attached hydrogens (tertiary/aromatic N) is 3. The summed E-state index contributed by atoms with van der Waals surface area (Å²) in [5.74, 6) is -3.53. The van der Waals surface area contributed by atoms with E-state index in [4.69, 9.17) is 9.26 Å². The monoisotopic (exact) mass is 837 g/mol. The van der Waals surface area contributed by atoms with Crippen molar-refractivity contribution in [3.63, 3.8) is 0 Å². The van der Waals surface area contributed by atoms with Crippen molar-refractivity contribution in [2.75, 3.05) is 6.54 Å². The maximum absolute atomic E-state index is 14.6. The first-order chi connectivity index (χ1) is 28.1. The van der Waals surface area contributed by atoms with Crippen molar-refractivity contribution in [1.82, 2.24) is 25.1 Å². The minimum absolute atomic E-state index is 0.0556. The third kappa shape index (κ3) is 8.23. The van der Waals surface area contributed by atoms with Gasteiger partial charge in [-0.3, -0.25) is 23.9 Å². The second-order valence-corrected chi connectivity index (χ2v) is 18.3. The number of ketones is 1. The zero-order valence-electron chi connectivity index (χ0n) is 32.0. The van der Waals surface area contributed by atoms with Gasteiger partial charge in [0.15, 0.2) is 11.5 Å². The lowest BCUT2D eigenvalue weighted by molar-refractivity contribution is -0.274. The van der Waals surface area contributed by atoms with Gasteiger partial charge in [-0.15, -0.1) is 13.2 Å². The number of allylic oxidation sites excluding steroid dienone is 2. The largest absolute Gasteiger partial charge is 0.573 e. The number of pyridine rings is 1. The van der Waals surface area contributed by atoms with Crippen LogP contribution in [0.2, 0.25) is 0 Å². The Hall–Kier alpha value is -5.52. The summed E-state index contributed by atoms with van der Waals surface area (Å²) in [6.45, 7) is 1.37. The highest BCUT2D eigenvalue weighted by molar-refractivity contribution is 7.91. The van der Waals surface area contributed by atoms with Crippen molar-refractivity contribution in [2.24, 2.45) is 11.3 Å². The van der Waals surface area contributed by atoms with E-state index in [1.54, 1.807) is 31.2 Å². The van der Waals surface area contributed by atoms with E-state index < -0.39 is 79.9 Å². The minimum Gasteiger partial charge on any atom is -0.472 e. The number of hydrogen-bond donors (Lipinski definition) is 2. The van der Waals surface area contributed by atoms with Crippen molar-refractivity contribution in [1.29, 1.82) is 0 Å². The van der Waals surface area contributed by atoms with E-state index in [1.807, 2.05) is 12.2 Å². The van der Waals surface area contributed by atoms with Gasteiger partial charge in [-0.25, -0.2) is 13.4 Å². The molecule has 4 aromatic rings. The lowest BCUT2D eigenvalue weighted by Crippen LogP contribution is -2.52. The average molecular weight is 838 g/mol. The third-order valence-electron chi connectivity index (χ3n) is 12.0. The van der Waals surface area contributed by atoms with Crippen molar-refractivity contribution in [3.8, 4) is 11.6 Å². The molecule has 59 heavy (non-hydrogen) atoms. The standard InChI is InChI=1S/C41H42F3N5O9S/c1-39(16-17-39)59(54,55)48-38(53)40-21-24(40)9-5-3-2-4-6-12-32(45-35(51)31-15-18-56-47-31)37(52)49-23-26(20-33(49)34(50)22-40)57-36-29-19-25(58-41(42,43)44)13-14-27(29)28-10-7-8-11-30(28)46-36/h5,7-11,13-15,18-19,24,26,32-33H,2-4,6,12,16-17,20-23H2,1H3,(H,45,51)(H,48,53)/b9-5-/t24-,26-,32+,33+,40-/m1/s1. The Bertz CT molecular complexity index is 2450. The summed E-state index contributed by atoms with van der Waals surface area (Å²) in [6.07, 6.45) is 2.47. The fourth-order valence-corrected chi connectivity index (χ4v) is 9.53. The number of halogens is 3. The molecule has 2 aliphatic carbocycles. The van der Waals surface area contributed by atoms with Gasteiger partial charge in [-0.1, -0.05) is 48.3 Å². The van der Waals surface area contributed by atoms with E-state index in [9.17, 15) is 40.8 Å². The quantitative estimate of drug-likeness (QED) is 0.159. The Morgan fingerprint density at radius 3 is 2.56 bits per heavy atom. The van der Waals surface area contributed by atoms with Gasteiger partial charge in [0.1, 0.15) is 24.2 Å². The highest BCUT2D eigenvalue weighted by atomic mass is 32.2. The molecule has 2 aromatic carbocycles. The van der Waals surface area contributed by atoms with Crippen LogP contribution in [-0.4, -0.2) is 82.8 Å². The van der Waals surface area contributed by atoms with Crippen LogP contribution in [0.4, 0.5) is 13.2 Å². The Kier molecular flexibility index (Phi) is 10.4. The van der Waals surface area contributed by atoms with E-state index in [-0.39, 0.29) is 49.2 Å². The SMILES string of the molecule is CC1(S(=O)(=O)NC(=O)[C@]23CC(=O)[C@@H]4C[C@@H](Oc5nc6ccccc6c6ccc(OC(F)(F)F)cc56)CN4C(=O)[C@@H](NC(=O)c4ccon4)CCCCC/C=C\[C@@H]2C3)CC1. The number of Topliss-reactive ketones (excluding diaryl/α,β-unsaturated/α-hetero) is 1. The lowest BCUT2D eigenvalue weighted by Gasteiger charge is -2.29. The van der Waals surface area contributed by atoms with Crippen molar-refractivity contribution in [3.05, 3.63) is 72.6 Å². The van der Waals surface area contributed by atoms with Gasteiger partial charge in [0.2, 0.25) is 27.7 Å². The number of para-hydroxylation sites is 1. The number of aromatic nitrogens is 2. The zero-order valence-corrected chi connectivity index (χ0v) is 32.8. The number of fused-ring (bicyclic) bond motifs is 5. The average Bonchev–Trinajstić information content (AvgIpc) is 3.93. The molecule has 2 N–H and O–H groups in total. The molecule has 0 unspecified atom stereocenters. The Morgan fingerprint density at radius 2 is 1.81 bits per heavy atom. The van der Waals surface area contributed by atoms with Crippen LogP contribution in [0.5, 0.6) is 11.6 Å². The lowest BCUT2D eigenvalue weighted by atomic mass is 9.91. The Morgan fingerprint density at radius 1 is 1.02 bits per heavy atom. The van der Waals surface area contributed by atoms with E-state index in [1.165, 1.54) is 29.4 Å². The summed E-state index contributed by atoms with van der Waals surface area (Å²) >= 11 is 0. The topological polar surface area (TPSA) is 187 Å². The van der Waals surface area contributed by atoms with Gasteiger partial charge in [-0.2, -0.15) is 0 Å². The fraction of sp³-hybridized carbons (Fsp3) is 0.463. The summed E-state index contributed by atoms with van der Waals surface area (Å²) in [7, 11) is -4.03. The second kappa shape index (κ2) is 15.3. The van der Waals surface area contributed by atoms with Gasteiger partial charge in [0, 0.05) is 29.7 Å². The molecule has 4 aliphatic rings. The van der Waals surface area contributed by atoms with Crippen LogP contribution in [0.15, 0.2) is 71.5 Å². The number of amides is 3. The molecule has 14 nitrogen and oxygen atoms in total. The number of hydrogen-bond acceptors (Lipinski definition) is 11. The second-order valence-electron chi connectivity index (χ2n) is 16.1. The highest BCUT2D eigenvalue weighted by Crippen LogP contribution is 2.57. The molecule has 312 valence electrons. The first-order valence-electron chi connectivity index (χ1n) is 19.6. The van der Waals surface area contributed by atoms with Gasteiger partial charge in [0.25, 0.3) is 5.91 Å². The zero-order chi connectivity index (χ0) is 41.7. The molecule has 18 heteroatoms. The molecule has 0 radical (unpaired) electrons. The van der Waals surface area contributed by atoms with Crippen LogP contribution < -0.4 is 19.5 Å². The molecule has 0 bridgehead atoms. The van der Waals surface area contributed by atoms with Gasteiger partial charge < -0.3 is 24.2 Å². The van der Waals surface area contributed by atoms with Gasteiger partial charge in [0.05, 0.1) is 28.3 Å². The Balaban J connectivity index is 1.14. The van der Waals surface area contributed by atoms with Crippen LogP contribution >= 0.6 is 0 Å². The van der Waals surface area contributed by atoms with E-state index in [0.29, 0.717) is 48.4 Å². The van der Waals surface area contributed by atoms with Crippen molar-refractivity contribution < 1.29 is 54.8 Å². The van der Waals surface area contributed by atoms with Crippen LogP contribution in [0.1, 0.15) is 81.6 Å². The number of carbonyl (C=O) groups excluding carboxylic acids is 4. The number of alkyl halides is 3. The summed E-state index contributed by atoms with van der Waals surface area (Å²) < 4.78 is 83.0. The predicted octanol–water partition coefficient (Wildman–Crippen LogP) is 5.91. The maximum Gasteiger partial charge on any atom is 0.573 e. The molecule has 2 aliphatic heterocycles. The first-order valence-corrected chi connectivity index (χ1v) is 21.1. The van der Waals surface area contributed by atoms with Crippen LogP contribution in [0.25, 0.3) is 21.7 Å². The van der Waals surface area contributed by atoms with Crippen molar-refractivity contribution >= 4 is 55.2 Å². The number of sulfonamides is 1.